The Hall–Kier alpha value is -2.13. The van der Waals surface area contributed by atoms with Crippen molar-refractivity contribution < 1.29 is 17.6 Å². The maximum absolute atomic E-state index is 13.5. The standard InChI is InChI=1S/C15H5F4IN2/c16-14(20)13-11(12(13)10(7-22)15(17,18)19)9(6-21)8-4-2-1-3-5-8/h1-5H. The van der Waals surface area contributed by atoms with Gasteiger partial charge in [-0.3, -0.25) is 0 Å². The number of nitriles is 2. The van der Waals surface area contributed by atoms with Crippen molar-refractivity contribution in [1.82, 2.24) is 0 Å². The second-order valence-corrected chi connectivity index (χ2v) is 5.17. The molecule has 0 saturated heterocycles. The molecule has 0 heterocycles. The van der Waals surface area contributed by atoms with Crippen LogP contribution >= 0.6 is 22.6 Å². The number of hydrogen-bond donors (Lipinski definition) is 0. The van der Waals surface area contributed by atoms with Gasteiger partial charge < -0.3 is 0 Å². The molecule has 0 unspecified atom stereocenters. The molecule has 2 rings (SSSR count). The van der Waals surface area contributed by atoms with Crippen LogP contribution in [0, 0.1) is 22.7 Å². The smallest absolute Gasteiger partial charge is 0.199 e. The predicted octanol–water partition coefficient (Wildman–Crippen LogP) is 4.98. The Labute approximate surface area is 136 Å². The summed E-state index contributed by atoms with van der Waals surface area (Å²) in [5, 5.41) is 18.0. The third-order valence-electron chi connectivity index (χ3n) is 2.95. The third-order valence-corrected chi connectivity index (χ3v) is 3.49. The quantitative estimate of drug-likeness (QED) is 0.369. The van der Waals surface area contributed by atoms with Crippen molar-refractivity contribution in [3.8, 4) is 12.1 Å². The molecule has 0 aliphatic heterocycles. The molecule has 0 radical (unpaired) electrons. The highest BCUT2D eigenvalue weighted by Gasteiger charge is 2.48. The highest BCUT2D eigenvalue weighted by molar-refractivity contribution is 14.1. The topological polar surface area (TPSA) is 47.6 Å². The zero-order valence-corrected chi connectivity index (χ0v) is 12.8. The largest absolute Gasteiger partial charge is 0.426 e. The first-order valence-corrected chi connectivity index (χ1v) is 6.88. The summed E-state index contributed by atoms with van der Waals surface area (Å²) < 4.78 is 51.2. The molecule has 0 bridgehead atoms. The molecule has 0 atom stereocenters. The fourth-order valence-corrected chi connectivity index (χ4v) is 2.55. The predicted molar refractivity (Wildman–Crippen MR) is 79.8 cm³/mol. The van der Waals surface area contributed by atoms with Crippen LogP contribution in [0.2, 0.25) is 0 Å². The summed E-state index contributed by atoms with van der Waals surface area (Å²) in [5.41, 5.74) is -2.24. The van der Waals surface area contributed by atoms with Crippen molar-refractivity contribution in [1.29, 1.82) is 10.5 Å². The molecule has 110 valence electrons. The molecule has 0 amide bonds. The van der Waals surface area contributed by atoms with Gasteiger partial charge >= 0.3 is 6.18 Å². The van der Waals surface area contributed by atoms with E-state index in [1.165, 1.54) is 34.7 Å². The Bertz CT molecular complexity index is 799. The number of benzene rings is 1. The van der Waals surface area contributed by atoms with Crippen molar-refractivity contribution in [2.45, 2.75) is 6.18 Å². The van der Waals surface area contributed by atoms with Crippen LogP contribution in [0.3, 0.4) is 0 Å². The van der Waals surface area contributed by atoms with Crippen molar-refractivity contribution in [2.24, 2.45) is 0 Å². The summed E-state index contributed by atoms with van der Waals surface area (Å²) >= 11 is 1.23. The van der Waals surface area contributed by atoms with Gasteiger partial charge in [-0.2, -0.15) is 28.1 Å². The van der Waals surface area contributed by atoms with E-state index in [4.69, 9.17) is 5.26 Å². The van der Waals surface area contributed by atoms with E-state index in [2.05, 4.69) is 0 Å². The maximum atomic E-state index is 13.5. The number of alkyl halides is 3. The van der Waals surface area contributed by atoms with Crippen LogP contribution in [0.25, 0.3) is 5.57 Å². The molecule has 2 nitrogen and oxygen atoms in total. The number of nitrogens with zero attached hydrogens (tertiary/aromatic N) is 2. The number of rotatable bonds is 1. The van der Waals surface area contributed by atoms with Crippen LogP contribution in [0.4, 0.5) is 17.6 Å². The zero-order chi connectivity index (χ0) is 16.5. The maximum Gasteiger partial charge on any atom is 0.426 e. The minimum absolute atomic E-state index is 0.0885. The molecule has 1 aromatic rings. The molecule has 1 aliphatic rings. The normalized spacial score (nSPS) is 20.7. The third kappa shape index (κ3) is 2.90. The lowest BCUT2D eigenvalue weighted by Gasteiger charge is -2.01. The van der Waals surface area contributed by atoms with Crippen LogP contribution < -0.4 is 0 Å². The summed E-state index contributed by atoms with van der Waals surface area (Å²) in [6.07, 6.45) is -4.90. The van der Waals surface area contributed by atoms with Crippen LogP contribution in [0.5, 0.6) is 0 Å². The first-order chi connectivity index (χ1) is 10.3. The Balaban J connectivity index is 2.79. The van der Waals surface area contributed by atoms with Gasteiger partial charge in [0.1, 0.15) is 17.7 Å². The minimum atomic E-state index is -4.90. The SMILES string of the molecule is N#CC(=C1C(=C(F)I)C1=C(C#N)C(F)(F)F)c1ccccc1. The average molecular weight is 416 g/mol. The van der Waals surface area contributed by atoms with Gasteiger partial charge in [-0.05, 0) is 28.2 Å². The van der Waals surface area contributed by atoms with Gasteiger partial charge in [0.05, 0.1) is 5.57 Å². The molecular formula is C15H5F4IN2. The van der Waals surface area contributed by atoms with Crippen molar-refractivity contribution >= 4 is 28.2 Å². The van der Waals surface area contributed by atoms with Gasteiger partial charge in [0.15, 0.2) is 3.83 Å². The van der Waals surface area contributed by atoms with Crippen molar-refractivity contribution in [2.75, 3.05) is 0 Å². The highest BCUT2D eigenvalue weighted by atomic mass is 127. The van der Waals surface area contributed by atoms with Gasteiger partial charge in [0.2, 0.25) is 0 Å². The van der Waals surface area contributed by atoms with Gasteiger partial charge in [0.25, 0.3) is 0 Å². The molecule has 0 spiro atoms. The molecule has 1 aliphatic carbocycles. The molecule has 0 N–H and O–H groups in total. The van der Waals surface area contributed by atoms with Gasteiger partial charge in [-0.15, -0.1) is 0 Å². The monoisotopic (exact) mass is 416 g/mol. The van der Waals surface area contributed by atoms with Crippen molar-refractivity contribution in [3.05, 3.63) is 62.0 Å². The van der Waals surface area contributed by atoms with E-state index in [0.29, 0.717) is 5.56 Å². The fraction of sp³-hybridized carbons (Fsp3) is 0.0667. The summed E-state index contributed by atoms with van der Waals surface area (Å²) in [5.74, 6) is 0. The van der Waals surface area contributed by atoms with Crippen LogP contribution in [-0.4, -0.2) is 6.18 Å². The molecule has 7 heteroatoms. The number of hydrogen-bond acceptors (Lipinski definition) is 2. The summed E-state index contributed by atoms with van der Waals surface area (Å²) in [7, 11) is 0. The van der Waals surface area contributed by atoms with Gasteiger partial charge in [-0.1, -0.05) is 30.3 Å². The zero-order valence-electron chi connectivity index (χ0n) is 10.7. The van der Waals surface area contributed by atoms with E-state index in [1.807, 2.05) is 0 Å². The van der Waals surface area contributed by atoms with E-state index in [1.54, 1.807) is 24.3 Å². The Morgan fingerprint density at radius 2 is 1.55 bits per heavy atom. The Morgan fingerprint density at radius 1 is 0.955 bits per heavy atom. The average Bonchev–Trinajstić information content (AvgIpc) is 3.15. The number of halogens is 5. The Kier molecular flexibility index (Phi) is 4.38. The van der Waals surface area contributed by atoms with E-state index in [-0.39, 0.29) is 16.7 Å². The Morgan fingerprint density at radius 3 is 1.95 bits per heavy atom. The van der Waals surface area contributed by atoms with Crippen LogP contribution in [-0.2, 0) is 0 Å². The fourth-order valence-electron chi connectivity index (χ4n) is 2.01. The minimum Gasteiger partial charge on any atom is -0.199 e. The molecule has 1 aromatic carbocycles. The summed E-state index contributed by atoms with van der Waals surface area (Å²) in [6, 6.07) is 10.8. The van der Waals surface area contributed by atoms with Crippen molar-refractivity contribution in [3.63, 3.8) is 0 Å². The van der Waals surface area contributed by atoms with Crippen LogP contribution in [0.1, 0.15) is 5.56 Å². The first kappa shape index (κ1) is 16.2. The summed E-state index contributed by atoms with van der Waals surface area (Å²) in [6.45, 7) is 0. The molecule has 0 aromatic heterocycles. The van der Waals surface area contributed by atoms with Gasteiger partial charge in [-0.25, -0.2) is 0 Å². The first-order valence-electron chi connectivity index (χ1n) is 5.80. The van der Waals surface area contributed by atoms with Gasteiger partial charge in [0, 0.05) is 16.7 Å². The second-order valence-electron chi connectivity index (χ2n) is 4.22. The molecule has 1 saturated carbocycles. The molecule has 1 fully saturated rings. The molecular weight excluding hydrogens is 411 g/mol. The van der Waals surface area contributed by atoms with E-state index < -0.39 is 21.2 Å². The highest BCUT2D eigenvalue weighted by Crippen LogP contribution is 2.55. The molecule has 22 heavy (non-hydrogen) atoms. The lowest BCUT2D eigenvalue weighted by atomic mass is 10.1. The van der Waals surface area contributed by atoms with E-state index >= 15 is 0 Å². The lowest BCUT2D eigenvalue weighted by molar-refractivity contribution is -0.0875. The van der Waals surface area contributed by atoms with Crippen LogP contribution in [0.15, 0.2) is 56.5 Å². The van der Waals surface area contributed by atoms with E-state index in [0.717, 1.165) is 6.07 Å². The lowest BCUT2D eigenvalue weighted by Crippen LogP contribution is -2.10. The second kappa shape index (κ2) is 5.93. The summed E-state index contributed by atoms with van der Waals surface area (Å²) in [4.78, 5) is 0. The van der Waals surface area contributed by atoms with E-state index in [9.17, 15) is 22.8 Å². The number of allylic oxidation sites excluding steroid dienone is 5.